The summed E-state index contributed by atoms with van der Waals surface area (Å²) in [6.45, 7) is 2.88. The van der Waals surface area contributed by atoms with E-state index in [1.165, 1.54) is 22.5 Å². The molecule has 0 aromatic heterocycles. The van der Waals surface area contributed by atoms with Gasteiger partial charge in [-0.3, -0.25) is 10.1 Å². The summed E-state index contributed by atoms with van der Waals surface area (Å²) in [6.07, 6.45) is 0.643. The van der Waals surface area contributed by atoms with Crippen LogP contribution in [0.25, 0.3) is 0 Å². The summed E-state index contributed by atoms with van der Waals surface area (Å²) in [5.41, 5.74) is 4.98. The Balaban J connectivity index is 0.00000242. The number of nitro groups is 1. The largest absolute Gasteiger partial charge is 0.330 e. The summed E-state index contributed by atoms with van der Waals surface area (Å²) in [4.78, 5) is 10.1. The van der Waals surface area contributed by atoms with Gasteiger partial charge in [0.05, 0.1) is 4.92 Å². The summed E-state index contributed by atoms with van der Waals surface area (Å²) in [5, 5.41) is 11.1. The molecule has 1 fully saturated rings. The maximum Gasteiger partial charge on any atom is 0.289 e. The smallest absolute Gasteiger partial charge is 0.289 e. The third kappa shape index (κ3) is 3.60. The van der Waals surface area contributed by atoms with E-state index >= 15 is 0 Å². The molecule has 2 rings (SSSR count). The van der Waals surface area contributed by atoms with Gasteiger partial charge in [0, 0.05) is 23.6 Å². The van der Waals surface area contributed by atoms with Crippen molar-refractivity contribution in [3.05, 3.63) is 32.8 Å². The van der Waals surface area contributed by atoms with Crippen LogP contribution in [0.5, 0.6) is 0 Å². The van der Waals surface area contributed by atoms with E-state index in [0.29, 0.717) is 24.0 Å². The predicted octanol–water partition coefficient (Wildman–Crippen LogP) is 2.14. The van der Waals surface area contributed by atoms with Gasteiger partial charge in [-0.2, -0.15) is 4.31 Å². The minimum atomic E-state index is -3.91. The first-order valence-corrected chi connectivity index (χ1v) is 8.57. The highest BCUT2D eigenvalue weighted by molar-refractivity contribution is 9.10. The molecule has 7 nitrogen and oxygen atoms in total. The van der Waals surface area contributed by atoms with Crippen molar-refractivity contribution >= 4 is 44.0 Å². The molecule has 1 unspecified atom stereocenters. The fourth-order valence-corrected chi connectivity index (χ4v) is 4.62. The number of sulfonamides is 1. The van der Waals surface area contributed by atoms with Gasteiger partial charge in [0.1, 0.15) is 0 Å². The van der Waals surface area contributed by atoms with E-state index in [-0.39, 0.29) is 29.3 Å². The van der Waals surface area contributed by atoms with E-state index in [2.05, 4.69) is 15.9 Å². The molecule has 0 spiro atoms. The second-order valence-electron chi connectivity index (χ2n) is 5.47. The lowest BCUT2D eigenvalue weighted by Gasteiger charge is -2.22. The molecule has 1 aliphatic heterocycles. The number of nitrogens with two attached hydrogens (primary N) is 1. The lowest BCUT2D eigenvalue weighted by molar-refractivity contribution is -0.387. The Bertz CT molecular complexity index is 685. The fourth-order valence-electron chi connectivity index (χ4n) is 2.33. The Hall–Kier alpha value is -0.740. The van der Waals surface area contributed by atoms with E-state index in [4.69, 9.17) is 5.73 Å². The highest BCUT2D eigenvalue weighted by Gasteiger charge is 2.41. The Labute approximate surface area is 143 Å². The van der Waals surface area contributed by atoms with Gasteiger partial charge < -0.3 is 5.73 Å². The zero-order chi connectivity index (χ0) is 15.8. The van der Waals surface area contributed by atoms with E-state index in [0.717, 1.165) is 0 Å². The van der Waals surface area contributed by atoms with Crippen molar-refractivity contribution in [3.8, 4) is 0 Å². The quantitative estimate of drug-likeness (QED) is 0.600. The number of halogens is 2. The second kappa shape index (κ2) is 6.79. The molecule has 0 saturated carbocycles. The van der Waals surface area contributed by atoms with Crippen LogP contribution in [0.4, 0.5) is 5.69 Å². The van der Waals surface area contributed by atoms with Gasteiger partial charge in [-0.1, -0.05) is 22.9 Å². The van der Waals surface area contributed by atoms with Gasteiger partial charge in [-0.25, -0.2) is 8.42 Å². The van der Waals surface area contributed by atoms with E-state index in [1.54, 1.807) is 0 Å². The molecular formula is C12H17BrClN3O4S. The molecule has 1 atom stereocenters. The van der Waals surface area contributed by atoms with Crippen LogP contribution in [0.1, 0.15) is 13.3 Å². The van der Waals surface area contributed by atoms with Gasteiger partial charge in [0.25, 0.3) is 5.69 Å². The molecule has 0 radical (unpaired) electrons. The van der Waals surface area contributed by atoms with Crippen molar-refractivity contribution in [1.29, 1.82) is 0 Å². The van der Waals surface area contributed by atoms with Crippen LogP contribution < -0.4 is 5.73 Å². The average Bonchev–Trinajstić information content (AvgIpc) is 2.82. The van der Waals surface area contributed by atoms with Crippen LogP contribution in [-0.2, 0) is 10.0 Å². The molecule has 0 aliphatic carbocycles. The summed E-state index contributed by atoms with van der Waals surface area (Å²) < 4.78 is 27.1. The Morgan fingerprint density at radius 1 is 1.50 bits per heavy atom. The van der Waals surface area contributed by atoms with Gasteiger partial charge in [0.15, 0.2) is 4.90 Å². The van der Waals surface area contributed by atoms with Gasteiger partial charge >= 0.3 is 0 Å². The molecule has 124 valence electrons. The third-order valence-electron chi connectivity index (χ3n) is 3.75. The van der Waals surface area contributed by atoms with E-state index in [9.17, 15) is 18.5 Å². The summed E-state index contributed by atoms with van der Waals surface area (Å²) >= 11 is 3.16. The van der Waals surface area contributed by atoms with Crippen LogP contribution in [0.3, 0.4) is 0 Å². The van der Waals surface area contributed by atoms with Crippen LogP contribution in [0.15, 0.2) is 27.6 Å². The van der Waals surface area contributed by atoms with Crippen LogP contribution in [0, 0.1) is 15.5 Å². The van der Waals surface area contributed by atoms with Crippen molar-refractivity contribution in [3.63, 3.8) is 0 Å². The van der Waals surface area contributed by atoms with E-state index < -0.39 is 20.6 Å². The zero-order valence-corrected chi connectivity index (χ0v) is 15.1. The molecule has 10 heteroatoms. The molecule has 0 bridgehead atoms. The molecular weight excluding hydrogens is 398 g/mol. The number of hydrogen-bond donors (Lipinski definition) is 1. The first-order chi connectivity index (χ1) is 9.69. The molecule has 1 aromatic rings. The fraction of sp³-hybridized carbons (Fsp3) is 0.500. The van der Waals surface area contributed by atoms with Gasteiger partial charge in [-0.05, 0) is 30.5 Å². The van der Waals surface area contributed by atoms with Crippen LogP contribution in [-0.4, -0.2) is 37.3 Å². The van der Waals surface area contributed by atoms with Crippen molar-refractivity contribution < 1.29 is 13.3 Å². The molecule has 1 heterocycles. The lowest BCUT2D eigenvalue weighted by atomic mass is 9.90. The standard InChI is InChI=1S/C12H16BrN3O4S.ClH/c1-12(7-14)4-5-15(8-12)21(19,20)11-6-9(13)2-3-10(11)16(17)18;/h2-3,6H,4-5,7-8,14H2,1H3;1H. The Morgan fingerprint density at radius 3 is 2.64 bits per heavy atom. The van der Waals surface area contributed by atoms with Crippen molar-refractivity contribution in [2.45, 2.75) is 18.2 Å². The average molecular weight is 415 g/mol. The van der Waals surface area contributed by atoms with Crippen LogP contribution >= 0.6 is 28.3 Å². The molecule has 1 saturated heterocycles. The summed E-state index contributed by atoms with van der Waals surface area (Å²) in [7, 11) is -3.91. The first-order valence-electron chi connectivity index (χ1n) is 6.34. The SMILES string of the molecule is CC1(CN)CCN(S(=O)(=O)c2cc(Br)ccc2[N+](=O)[O-])C1.Cl. The molecule has 1 aliphatic rings. The highest BCUT2D eigenvalue weighted by Crippen LogP contribution is 2.36. The lowest BCUT2D eigenvalue weighted by Crippen LogP contribution is -2.34. The summed E-state index contributed by atoms with van der Waals surface area (Å²) in [5.74, 6) is 0. The van der Waals surface area contributed by atoms with Gasteiger partial charge in [0.2, 0.25) is 10.0 Å². The number of nitrogens with zero attached hydrogens (tertiary/aromatic N) is 2. The number of rotatable bonds is 4. The number of nitro benzene ring substituents is 1. The Morgan fingerprint density at radius 2 is 2.14 bits per heavy atom. The number of hydrogen-bond acceptors (Lipinski definition) is 5. The number of benzene rings is 1. The van der Waals surface area contributed by atoms with Crippen molar-refractivity contribution in [2.75, 3.05) is 19.6 Å². The first kappa shape index (κ1) is 19.3. The molecule has 1 aromatic carbocycles. The van der Waals surface area contributed by atoms with Crippen LogP contribution in [0.2, 0.25) is 0 Å². The minimum absolute atomic E-state index is 0. The molecule has 0 amide bonds. The van der Waals surface area contributed by atoms with E-state index in [1.807, 2.05) is 6.92 Å². The predicted molar refractivity (Wildman–Crippen MR) is 88.6 cm³/mol. The Kier molecular flexibility index (Phi) is 5.96. The molecule has 2 N–H and O–H groups in total. The highest BCUT2D eigenvalue weighted by atomic mass is 79.9. The molecule has 22 heavy (non-hydrogen) atoms. The second-order valence-corrected chi connectivity index (χ2v) is 8.29. The van der Waals surface area contributed by atoms with Crippen molar-refractivity contribution in [2.24, 2.45) is 11.1 Å². The van der Waals surface area contributed by atoms with Gasteiger partial charge in [-0.15, -0.1) is 12.4 Å². The normalized spacial score (nSPS) is 22.3. The minimum Gasteiger partial charge on any atom is -0.330 e. The third-order valence-corrected chi connectivity index (χ3v) is 6.12. The monoisotopic (exact) mass is 413 g/mol. The summed E-state index contributed by atoms with van der Waals surface area (Å²) in [6, 6.07) is 3.91. The maximum absolute atomic E-state index is 12.7. The zero-order valence-electron chi connectivity index (χ0n) is 11.9. The van der Waals surface area contributed by atoms with Crippen molar-refractivity contribution in [1.82, 2.24) is 4.31 Å². The maximum atomic E-state index is 12.7. The topological polar surface area (TPSA) is 107 Å².